The first-order chi connectivity index (χ1) is 6.04. The summed E-state index contributed by atoms with van der Waals surface area (Å²) < 4.78 is 0.628. The van der Waals surface area contributed by atoms with Crippen molar-refractivity contribution in [2.75, 3.05) is 0 Å². The summed E-state index contributed by atoms with van der Waals surface area (Å²) in [5, 5.41) is 28.5. The van der Waals surface area contributed by atoms with E-state index in [4.69, 9.17) is 0 Å². The molecule has 0 atom stereocenters. The Kier molecular flexibility index (Phi) is 1.78. The van der Waals surface area contributed by atoms with E-state index >= 15 is 0 Å². The summed E-state index contributed by atoms with van der Waals surface area (Å²) in [6.45, 7) is 0. The first-order valence-corrected chi connectivity index (χ1v) is 4.77. The monoisotopic (exact) mass is 244 g/mol. The third kappa shape index (κ3) is 1.30. The SMILES string of the molecule is Oc1ccc(Br)c(C2(O)CC2)c1O. The van der Waals surface area contributed by atoms with Crippen LogP contribution in [0.3, 0.4) is 0 Å². The summed E-state index contributed by atoms with van der Waals surface area (Å²) in [4.78, 5) is 0. The fraction of sp³-hybridized carbons (Fsp3) is 0.333. The zero-order chi connectivity index (χ0) is 9.64. The molecular formula is C9H9BrO3. The molecule has 13 heavy (non-hydrogen) atoms. The van der Waals surface area contributed by atoms with Crippen molar-refractivity contribution < 1.29 is 15.3 Å². The Morgan fingerprint density at radius 2 is 1.85 bits per heavy atom. The van der Waals surface area contributed by atoms with Gasteiger partial charge in [0.05, 0.1) is 5.60 Å². The Bertz CT molecular complexity index is 358. The number of halogens is 1. The summed E-state index contributed by atoms with van der Waals surface area (Å²) >= 11 is 3.23. The molecule has 0 amide bonds. The predicted molar refractivity (Wildman–Crippen MR) is 50.6 cm³/mol. The number of phenolic OH excluding ortho intramolecular Hbond substituents is 2. The topological polar surface area (TPSA) is 60.7 Å². The third-order valence-electron chi connectivity index (χ3n) is 2.29. The van der Waals surface area contributed by atoms with Gasteiger partial charge in [0.15, 0.2) is 11.5 Å². The second-order valence-corrected chi connectivity index (χ2v) is 4.18. The van der Waals surface area contributed by atoms with E-state index in [1.807, 2.05) is 0 Å². The molecule has 70 valence electrons. The van der Waals surface area contributed by atoms with Gasteiger partial charge in [-0.15, -0.1) is 0 Å². The van der Waals surface area contributed by atoms with Gasteiger partial charge in [-0.3, -0.25) is 0 Å². The maximum absolute atomic E-state index is 9.79. The maximum Gasteiger partial charge on any atom is 0.164 e. The summed E-state index contributed by atoms with van der Waals surface area (Å²) in [5.41, 5.74) is -0.547. The molecule has 1 aliphatic rings. The molecule has 0 saturated heterocycles. The van der Waals surface area contributed by atoms with Crippen LogP contribution in [0.25, 0.3) is 0 Å². The van der Waals surface area contributed by atoms with E-state index in [1.165, 1.54) is 6.07 Å². The van der Waals surface area contributed by atoms with Gasteiger partial charge < -0.3 is 15.3 Å². The van der Waals surface area contributed by atoms with Crippen LogP contribution in [0, 0.1) is 0 Å². The van der Waals surface area contributed by atoms with Crippen molar-refractivity contribution in [2.45, 2.75) is 18.4 Å². The van der Waals surface area contributed by atoms with Crippen molar-refractivity contribution in [3.05, 3.63) is 22.2 Å². The summed E-state index contributed by atoms with van der Waals surface area (Å²) in [7, 11) is 0. The van der Waals surface area contributed by atoms with Crippen LogP contribution in [0.1, 0.15) is 18.4 Å². The normalized spacial score (nSPS) is 18.6. The average molecular weight is 245 g/mol. The number of benzene rings is 1. The fourth-order valence-corrected chi connectivity index (χ4v) is 2.06. The minimum absolute atomic E-state index is 0.196. The van der Waals surface area contributed by atoms with Crippen molar-refractivity contribution >= 4 is 15.9 Å². The number of aromatic hydroxyl groups is 2. The molecule has 1 aliphatic carbocycles. The second-order valence-electron chi connectivity index (χ2n) is 3.32. The minimum Gasteiger partial charge on any atom is -0.504 e. The maximum atomic E-state index is 9.79. The van der Waals surface area contributed by atoms with Crippen LogP contribution < -0.4 is 0 Å². The fourth-order valence-electron chi connectivity index (χ4n) is 1.37. The van der Waals surface area contributed by atoms with E-state index < -0.39 is 5.60 Å². The van der Waals surface area contributed by atoms with E-state index in [1.54, 1.807) is 6.07 Å². The van der Waals surface area contributed by atoms with Gasteiger partial charge >= 0.3 is 0 Å². The van der Waals surface area contributed by atoms with E-state index in [0.29, 0.717) is 22.9 Å². The summed E-state index contributed by atoms with van der Waals surface area (Å²) in [6, 6.07) is 3.00. The van der Waals surface area contributed by atoms with Crippen molar-refractivity contribution in [3.63, 3.8) is 0 Å². The van der Waals surface area contributed by atoms with Gasteiger partial charge in [-0.2, -0.15) is 0 Å². The minimum atomic E-state index is -0.943. The Morgan fingerprint density at radius 1 is 1.23 bits per heavy atom. The predicted octanol–water partition coefficient (Wildman–Crippen LogP) is 1.84. The van der Waals surface area contributed by atoms with E-state index in [0.717, 1.165) is 0 Å². The summed E-state index contributed by atoms with van der Waals surface area (Å²) in [5.74, 6) is -0.423. The molecule has 2 rings (SSSR count). The molecule has 3 nitrogen and oxygen atoms in total. The standard InChI is InChI=1S/C9H9BrO3/c10-5-1-2-6(11)8(12)7(5)9(13)3-4-9/h1-2,11-13H,3-4H2. The van der Waals surface area contributed by atoms with Crippen LogP contribution >= 0.6 is 15.9 Å². The van der Waals surface area contributed by atoms with Crippen molar-refractivity contribution in [3.8, 4) is 11.5 Å². The molecule has 4 heteroatoms. The zero-order valence-corrected chi connectivity index (χ0v) is 8.37. The van der Waals surface area contributed by atoms with Crippen molar-refractivity contribution in [2.24, 2.45) is 0 Å². The lowest BCUT2D eigenvalue weighted by Gasteiger charge is -2.13. The molecule has 0 spiro atoms. The van der Waals surface area contributed by atoms with Gasteiger partial charge in [0.1, 0.15) is 0 Å². The molecule has 0 heterocycles. The number of hydrogen-bond acceptors (Lipinski definition) is 3. The highest BCUT2D eigenvalue weighted by Crippen LogP contribution is 2.53. The quantitative estimate of drug-likeness (QED) is 0.661. The average Bonchev–Trinajstić information content (AvgIpc) is 2.78. The molecule has 0 radical (unpaired) electrons. The molecule has 0 aromatic heterocycles. The Morgan fingerprint density at radius 3 is 2.38 bits per heavy atom. The van der Waals surface area contributed by atoms with Crippen LogP contribution in [0.4, 0.5) is 0 Å². The smallest absolute Gasteiger partial charge is 0.164 e. The highest BCUT2D eigenvalue weighted by Gasteiger charge is 2.46. The molecular weight excluding hydrogens is 236 g/mol. The number of rotatable bonds is 1. The molecule has 1 fully saturated rings. The van der Waals surface area contributed by atoms with Gasteiger partial charge in [-0.1, -0.05) is 15.9 Å². The largest absolute Gasteiger partial charge is 0.504 e. The number of phenols is 2. The highest BCUT2D eigenvalue weighted by atomic mass is 79.9. The third-order valence-corrected chi connectivity index (χ3v) is 2.96. The Hall–Kier alpha value is -0.740. The lowest BCUT2D eigenvalue weighted by atomic mass is 10.1. The molecule has 1 saturated carbocycles. The van der Waals surface area contributed by atoms with Crippen LogP contribution in [0.5, 0.6) is 11.5 Å². The van der Waals surface area contributed by atoms with Gasteiger partial charge in [-0.05, 0) is 25.0 Å². The van der Waals surface area contributed by atoms with Gasteiger partial charge in [-0.25, -0.2) is 0 Å². The van der Waals surface area contributed by atoms with Crippen LogP contribution in [0.15, 0.2) is 16.6 Å². The molecule has 0 aliphatic heterocycles. The van der Waals surface area contributed by atoms with Crippen LogP contribution in [-0.4, -0.2) is 15.3 Å². The first kappa shape index (κ1) is 8.84. The highest BCUT2D eigenvalue weighted by molar-refractivity contribution is 9.10. The lowest BCUT2D eigenvalue weighted by molar-refractivity contribution is 0.146. The van der Waals surface area contributed by atoms with E-state index in [2.05, 4.69) is 15.9 Å². The number of hydrogen-bond donors (Lipinski definition) is 3. The Labute approximate surface area is 83.8 Å². The molecule has 1 aromatic rings. The summed E-state index contributed by atoms with van der Waals surface area (Å²) in [6.07, 6.45) is 1.26. The van der Waals surface area contributed by atoms with Crippen molar-refractivity contribution in [1.29, 1.82) is 0 Å². The number of aliphatic hydroxyl groups is 1. The van der Waals surface area contributed by atoms with E-state index in [9.17, 15) is 15.3 Å². The van der Waals surface area contributed by atoms with Crippen LogP contribution in [-0.2, 0) is 5.60 Å². The first-order valence-electron chi connectivity index (χ1n) is 3.98. The molecule has 1 aromatic carbocycles. The molecule has 0 bridgehead atoms. The van der Waals surface area contributed by atoms with Gasteiger partial charge in [0, 0.05) is 10.0 Å². The lowest BCUT2D eigenvalue weighted by Crippen LogP contribution is -2.05. The molecule has 0 unspecified atom stereocenters. The molecule has 3 N–H and O–H groups in total. The van der Waals surface area contributed by atoms with Crippen molar-refractivity contribution in [1.82, 2.24) is 0 Å². The van der Waals surface area contributed by atoms with Crippen LogP contribution in [0.2, 0.25) is 0 Å². The second kappa shape index (κ2) is 2.62. The zero-order valence-electron chi connectivity index (χ0n) is 6.79. The van der Waals surface area contributed by atoms with Gasteiger partial charge in [0.2, 0.25) is 0 Å². The van der Waals surface area contributed by atoms with E-state index in [-0.39, 0.29) is 11.5 Å². The Balaban J connectivity index is 2.61. The van der Waals surface area contributed by atoms with Gasteiger partial charge in [0.25, 0.3) is 0 Å².